The van der Waals surface area contributed by atoms with Crippen LogP contribution in [0.5, 0.6) is 0 Å². The Labute approximate surface area is 203 Å². The molecule has 2 aliphatic heterocycles. The van der Waals surface area contributed by atoms with E-state index in [1.165, 1.54) is 10.4 Å². The van der Waals surface area contributed by atoms with E-state index in [1.807, 2.05) is 12.1 Å². The zero-order valence-electron chi connectivity index (χ0n) is 20.4. The minimum absolute atomic E-state index is 0.0179. The zero-order chi connectivity index (χ0) is 24.3. The first-order valence-corrected chi connectivity index (χ1v) is 14.2. The fourth-order valence-corrected chi connectivity index (χ4v) is 10.2. The Bertz CT molecular complexity index is 909. The molecule has 34 heavy (non-hydrogen) atoms. The smallest absolute Gasteiger partial charge is 0.261 e. The second-order valence-corrected chi connectivity index (χ2v) is 14.7. The number of likely N-dealkylation sites (tertiary alicyclic amines) is 1. The standard InChI is InChI=1S/C27H37NO5Si/c1-27(2,3)34(21-10-6-4-7-11-21,22-12-8-5-9-13-22)33-20-14-15-25(31)28(17-16-20)26-18-23(30)24(19-29)32-26/h4-13,20,23-24,26,29-30H,14-19H2,1-3H3/t20-,23-,24+,26+/m0/s1. The van der Waals surface area contributed by atoms with Gasteiger partial charge in [0.1, 0.15) is 12.3 Å². The van der Waals surface area contributed by atoms with Gasteiger partial charge in [-0.15, -0.1) is 0 Å². The van der Waals surface area contributed by atoms with Crippen LogP contribution in [0, 0.1) is 0 Å². The largest absolute Gasteiger partial charge is 0.404 e. The predicted molar refractivity (Wildman–Crippen MR) is 134 cm³/mol. The van der Waals surface area contributed by atoms with Gasteiger partial charge in [-0.05, 0) is 28.3 Å². The fourth-order valence-electron chi connectivity index (χ4n) is 5.42. The van der Waals surface area contributed by atoms with Crippen LogP contribution < -0.4 is 10.4 Å². The lowest BCUT2D eigenvalue weighted by molar-refractivity contribution is -0.146. The highest BCUT2D eigenvalue weighted by Crippen LogP contribution is 2.39. The Hall–Kier alpha value is -2.03. The summed E-state index contributed by atoms with van der Waals surface area (Å²) >= 11 is 0. The van der Waals surface area contributed by atoms with E-state index in [9.17, 15) is 15.0 Å². The number of nitrogens with zero attached hydrogens (tertiary/aromatic N) is 1. The highest BCUT2D eigenvalue weighted by atomic mass is 28.4. The molecule has 6 nitrogen and oxygen atoms in total. The van der Waals surface area contributed by atoms with Crippen molar-refractivity contribution in [2.75, 3.05) is 13.2 Å². The molecule has 2 heterocycles. The lowest BCUT2D eigenvalue weighted by Crippen LogP contribution is -2.67. The number of benzene rings is 2. The first-order chi connectivity index (χ1) is 16.3. The van der Waals surface area contributed by atoms with E-state index in [4.69, 9.17) is 9.16 Å². The molecule has 4 atom stereocenters. The topological polar surface area (TPSA) is 79.2 Å². The average molecular weight is 484 g/mol. The quantitative estimate of drug-likeness (QED) is 0.617. The molecule has 0 aliphatic carbocycles. The molecule has 2 aromatic rings. The number of rotatable bonds is 6. The van der Waals surface area contributed by atoms with Crippen molar-refractivity contribution in [1.82, 2.24) is 4.90 Å². The number of amides is 1. The van der Waals surface area contributed by atoms with Gasteiger partial charge in [-0.25, -0.2) is 0 Å². The Balaban J connectivity index is 1.62. The molecular formula is C27H37NO5Si. The first-order valence-electron chi connectivity index (χ1n) is 12.3. The molecule has 0 bridgehead atoms. The highest BCUT2D eigenvalue weighted by molar-refractivity contribution is 6.99. The molecule has 0 spiro atoms. The van der Waals surface area contributed by atoms with E-state index in [-0.39, 0.29) is 23.7 Å². The first kappa shape index (κ1) is 25.1. The molecule has 2 N–H and O–H groups in total. The van der Waals surface area contributed by atoms with E-state index in [0.29, 0.717) is 32.2 Å². The van der Waals surface area contributed by atoms with Gasteiger partial charge in [-0.2, -0.15) is 0 Å². The summed E-state index contributed by atoms with van der Waals surface area (Å²) in [5, 5.41) is 21.9. The van der Waals surface area contributed by atoms with Gasteiger partial charge < -0.3 is 24.3 Å². The lowest BCUT2D eigenvalue weighted by Gasteiger charge is -2.45. The van der Waals surface area contributed by atoms with Gasteiger partial charge in [0, 0.05) is 25.5 Å². The van der Waals surface area contributed by atoms with Gasteiger partial charge in [-0.3, -0.25) is 4.79 Å². The van der Waals surface area contributed by atoms with Gasteiger partial charge in [0.25, 0.3) is 8.32 Å². The number of aliphatic hydroxyl groups excluding tert-OH is 2. The predicted octanol–water partition coefficient (Wildman–Crippen LogP) is 2.41. The van der Waals surface area contributed by atoms with Crippen molar-refractivity contribution in [1.29, 1.82) is 0 Å². The maximum absolute atomic E-state index is 13.0. The van der Waals surface area contributed by atoms with Crippen LogP contribution in [0.25, 0.3) is 0 Å². The van der Waals surface area contributed by atoms with Gasteiger partial charge >= 0.3 is 0 Å². The number of hydrogen-bond acceptors (Lipinski definition) is 5. The molecule has 2 aliphatic rings. The Morgan fingerprint density at radius 1 is 1.03 bits per heavy atom. The van der Waals surface area contributed by atoms with E-state index in [0.717, 1.165) is 0 Å². The minimum Gasteiger partial charge on any atom is -0.404 e. The van der Waals surface area contributed by atoms with Crippen molar-refractivity contribution >= 4 is 24.6 Å². The van der Waals surface area contributed by atoms with Crippen molar-refractivity contribution in [3.8, 4) is 0 Å². The van der Waals surface area contributed by atoms with Crippen LogP contribution in [-0.4, -0.2) is 67.0 Å². The summed E-state index contributed by atoms with van der Waals surface area (Å²) in [5.74, 6) is 0.0179. The third-order valence-corrected chi connectivity index (χ3v) is 12.3. The van der Waals surface area contributed by atoms with Crippen molar-refractivity contribution in [3.05, 3.63) is 60.7 Å². The molecule has 4 rings (SSSR count). The van der Waals surface area contributed by atoms with E-state index in [1.54, 1.807) is 4.90 Å². The van der Waals surface area contributed by atoms with Crippen LogP contribution in [0.4, 0.5) is 0 Å². The molecule has 2 saturated heterocycles. The number of carbonyl (C=O) groups excluding carboxylic acids is 1. The number of aliphatic hydroxyl groups is 2. The lowest BCUT2D eigenvalue weighted by atomic mass is 10.2. The molecule has 1 amide bonds. The van der Waals surface area contributed by atoms with Gasteiger partial charge in [0.15, 0.2) is 0 Å². The van der Waals surface area contributed by atoms with Crippen molar-refractivity contribution in [3.63, 3.8) is 0 Å². The van der Waals surface area contributed by atoms with E-state index < -0.39 is 26.8 Å². The Kier molecular flexibility index (Phi) is 7.59. The van der Waals surface area contributed by atoms with Gasteiger partial charge in [0.05, 0.1) is 12.7 Å². The highest BCUT2D eigenvalue weighted by Gasteiger charge is 2.51. The van der Waals surface area contributed by atoms with Gasteiger partial charge in [0.2, 0.25) is 5.91 Å². The molecule has 0 saturated carbocycles. The third kappa shape index (κ3) is 4.85. The summed E-state index contributed by atoms with van der Waals surface area (Å²) in [6.45, 7) is 7.04. The second kappa shape index (κ2) is 10.3. The van der Waals surface area contributed by atoms with Crippen molar-refractivity contribution in [2.45, 2.75) is 76.0 Å². The summed E-state index contributed by atoms with van der Waals surface area (Å²) in [4.78, 5) is 14.7. The maximum atomic E-state index is 13.0. The summed E-state index contributed by atoms with van der Waals surface area (Å²) in [6, 6.07) is 21.1. The van der Waals surface area contributed by atoms with Gasteiger partial charge in [-0.1, -0.05) is 81.4 Å². The number of ether oxygens (including phenoxy) is 1. The molecule has 0 unspecified atom stereocenters. The third-order valence-electron chi connectivity index (χ3n) is 7.18. The molecular weight excluding hydrogens is 446 g/mol. The Morgan fingerprint density at radius 2 is 1.62 bits per heavy atom. The second-order valence-electron chi connectivity index (χ2n) is 10.4. The molecule has 2 fully saturated rings. The monoisotopic (exact) mass is 483 g/mol. The fraction of sp³-hybridized carbons (Fsp3) is 0.519. The summed E-state index contributed by atoms with van der Waals surface area (Å²) < 4.78 is 13.0. The van der Waals surface area contributed by atoms with Crippen LogP contribution >= 0.6 is 0 Å². The molecule has 0 aromatic heterocycles. The van der Waals surface area contributed by atoms with E-state index in [2.05, 4.69) is 69.3 Å². The maximum Gasteiger partial charge on any atom is 0.261 e. The van der Waals surface area contributed by atoms with Crippen molar-refractivity contribution < 1.29 is 24.2 Å². The summed E-state index contributed by atoms with van der Waals surface area (Å²) in [5.41, 5.74) is 0. The van der Waals surface area contributed by atoms with Crippen LogP contribution in [-0.2, 0) is 14.0 Å². The van der Waals surface area contributed by atoms with Crippen LogP contribution in [0.1, 0.15) is 46.5 Å². The molecule has 7 heteroatoms. The van der Waals surface area contributed by atoms with Crippen LogP contribution in [0.3, 0.4) is 0 Å². The number of carbonyl (C=O) groups is 1. The normalized spacial score (nSPS) is 26.5. The number of hydrogen-bond donors (Lipinski definition) is 2. The summed E-state index contributed by atoms with van der Waals surface area (Å²) in [6.07, 6.45) is 0.112. The average Bonchev–Trinajstić information content (AvgIpc) is 3.10. The van der Waals surface area contributed by atoms with Crippen LogP contribution in [0.15, 0.2) is 60.7 Å². The SMILES string of the molecule is CC(C)(C)[Si](O[C@H]1CCC(=O)N([C@H]2C[C@H](O)[C@@H](CO)O2)CC1)(c1ccccc1)c1ccccc1. The zero-order valence-corrected chi connectivity index (χ0v) is 21.4. The Morgan fingerprint density at radius 3 is 2.12 bits per heavy atom. The molecule has 0 radical (unpaired) electrons. The minimum atomic E-state index is -2.70. The van der Waals surface area contributed by atoms with Crippen LogP contribution in [0.2, 0.25) is 5.04 Å². The van der Waals surface area contributed by atoms with Crippen molar-refractivity contribution in [2.24, 2.45) is 0 Å². The molecule has 184 valence electrons. The summed E-state index contributed by atoms with van der Waals surface area (Å²) in [7, 11) is -2.70. The molecule has 2 aromatic carbocycles. The van der Waals surface area contributed by atoms with E-state index >= 15 is 0 Å².